The third-order valence-electron chi connectivity index (χ3n) is 3.36. The third-order valence-corrected chi connectivity index (χ3v) is 3.36. The highest BCUT2D eigenvalue weighted by atomic mass is 16.6. The van der Waals surface area contributed by atoms with Crippen molar-refractivity contribution in [1.29, 1.82) is 0 Å². The number of nitrogens with two attached hydrogens (primary N) is 1. The van der Waals surface area contributed by atoms with Gasteiger partial charge in [-0.05, 0) is 25.3 Å². The number of hydrogen-bond acceptors (Lipinski definition) is 4. The Labute approximate surface area is 105 Å². The van der Waals surface area contributed by atoms with Gasteiger partial charge in [0.25, 0.3) is 0 Å². The van der Waals surface area contributed by atoms with Gasteiger partial charge in [-0.3, -0.25) is 4.98 Å². The molecule has 1 aliphatic carbocycles. The quantitative estimate of drug-likeness (QED) is 0.683. The highest BCUT2D eigenvalue weighted by Gasteiger charge is 2.44. The number of urea groups is 1. The largest absolute Gasteiger partial charge is 0.397 e. The normalized spacial score (nSPS) is 29.2. The van der Waals surface area contributed by atoms with Crippen LogP contribution in [0.2, 0.25) is 0 Å². The fraction of sp³-hybridized carbons (Fsp3) is 0.500. The lowest BCUT2D eigenvalue weighted by Crippen LogP contribution is -2.40. The van der Waals surface area contributed by atoms with Gasteiger partial charge in [0.1, 0.15) is 0 Å². The molecule has 2 aliphatic rings. The summed E-state index contributed by atoms with van der Waals surface area (Å²) in [7, 11) is 0. The average molecular weight is 248 g/mol. The molecule has 6 nitrogen and oxygen atoms in total. The average Bonchev–Trinajstić information content (AvgIpc) is 3.07. The predicted octanol–water partition coefficient (Wildman–Crippen LogP) is 1.11. The molecule has 2 fully saturated rings. The number of pyridine rings is 1. The number of amides is 2. The lowest BCUT2D eigenvalue weighted by Gasteiger charge is -2.20. The Hall–Kier alpha value is -1.82. The van der Waals surface area contributed by atoms with Gasteiger partial charge < -0.3 is 21.1 Å². The van der Waals surface area contributed by atoms with Crippen molar-refractivity contribution in [3.8, 4) is 0 Å². The van der Waals surface area contributed by atoms with E-state index < -0.39 is 0 Å². The number of aromatic nitrogens is 1. The Bertz CT molecular complexity index is 465. The Kier molecular flexibility index (Phi) is 2.79. The Morgan fingerprint density at radius 2 is 2.28 bits per heavy atom. The second kappa shape index (κ2) is 4.45. The van der Waals surface area contributed by atoms with Crippen molar-refractivity contribution in [1.82, 2.24) is 10.3 Å². The summed E-state index contributed by atoms with van der Waals surface area (Å²) >= 11 is 0. The van der Waals surface area contributed by atoms with Gasteiger partial charge in [-0.1, -0.05) is 0 Å². The molecule has 3 rings (SSSR count). The van der Waals surface area contributed by atoms with Crippen LogP contribution in [-0.4, -0.2) is 29.3 Å². The van der Waals surface area contributed by atoms with Crippen LogP contribution < -0.4 is 16.4 Å². The van der Waals surface area contributed by atoms with Crippen LogP contribution in [0.25, 0.3) is 0 Å². The number of ether oxygens (including phenoxy) is 1. The molecule has 1 aromatic heterocycles. The molecule has 1 aliphatic heterocycles. The fourth-order valence-electron chi connectivity index (χ4n) is 2.41. The molecule has 3 atom stereocenters. The molecule has 1 saturated carbocycles. The first-order valence-electron chi connectivity index (χ1n) is 6.14. The number of rotatable bonds is 2. The molecule has 2 amide bonds. The molecular formula is C12H16N4O2. The Balaban J connectivity index is 1.52. The van der Waals surface area contributed by atoms with Crippen LogP contribution in [-0.2, 0) is 4.74 Å². The van der Waals surface area contributed by atoms with Gasteiger partial charge in [0, 0.05) is 12.2 Å². The summed E-state index contributed by atoms with van der Waals surface area (Å²) < 4.78 is 5.43. The predicted molar refractivity (Wildman–Crippen MR) is 67.1 cm³/mol. The highest BCUT2D eigenvalue weighted by molar-refractivity contribution is 5.89. The minimum atomic E-state index is -0.216. The van der Waals surface area contributed by atoms with Crippen molar-refractivity contribution in [2.24, 2.45) is 0 Å². The van der Waals surface area contributed by atoms with Crippen molar-refractivity contribution in [3.63, 3.8) is 0 Å². The van der Waals surface area contributed by atoms with Gasteiger partial charge in [0.15, 0.2) is 0 Å². The molecule has 0 spiro atoms. The van der Waals surface area contributed by atoms with Gasteiger partial charge in [-0.15, -0.1) is 0 Å². The van der Waals surface area contributed by atoms with Gasteiger partial charge in [0.2, 0.25) is 0 Å². The molecule has 6 heteroatoms. The minimum Gasteiger partial charge on any atom is -0.397 e. The summed E-state index contributed by atoms with van der Waals surface area (Å²) in [4.78, 5) is 15.7. The molecule has 2 heterocycles. The number of nitrogens with one attached hydrogen (secondary N) is 2. The SMILES string of the molecule is Nc1cncc(NC(=O)N[C@@H]2CC[C@H]3O[C@@H]3C2)c1. The monoisotopic (exact) mass is 248 g/mol. The van der Waals surface area contributed by atoms with Crippen LogP contribution in [0.5, 0.6) is 0 Å². The number of carbonyl (C=O) groups is 1. The number of nitrogens with zero attached hydrogens (tertiary/aromatic N) is 1. The molecule has 18 heavy (non-hydrogen) atoms. The van der Waals surface area contributed by atoms with E-state index in [1.165, 1.54) is 6.20 Å². The van der Waals surface area contributed by atoms with Crippen LogP contribution >= 0.6 is 0 Å². The van der Waals surface area contributed by atoms with Crippen LogP contribution in [0, 0.1) is 0 Å². The van der Waals surface area contributed by atoms with E-state index in [2.05, 4.69) is 15.6 Å². The molecule has 96 valence electrons. The van der Waals surface area contributed by atoms with Crippen LogP contribution in [0.1, 0.15) is 19.3 Å². The van der Waals surface area contributed by atoms with Crippen LogP contribution in [0.3, 0.4) is 0 Å². The highest BCUT2D eigenvalue weighted by Crippen LogP contribution is 2.36. The number of hydrogen-bond donors (Lipinski definition) is 3. The molecule has 0 unspecified atom stereocenters. The zero-order chi connectivity index (χ0) is 12.5. The van der Waals surface area contributed by atoms with Crippen molar-refractivity contribution in [3.05, 3.63) is 18.5 Å². The molecule has 1 saturated heterocycles. The van der Waals surface area contributed by atoms with E-state index in [0.717, 1.165) is 19.3 Å². The molecule has 0 aromatic carbocycles. The van der Waals surface area contributed by atoms with Crippen LogP contribution in [0.15, 0.2) is 18.5 Å². The summed E-state index contributed by atoms with van der Waals surface area (Å²) in [6, 6.07) is 1.65. The Morgan fingerprint density at radius 1 is 1.39 bits per heavy atom. The van der Waals surface area contributed by atoms with Crippen LogP contribution in [0.4, 0.5) is 16.2 Å². The summed E-state index contributed by atoms with van der Waals surface area (Å²) in [6.45, 7) is 0. The second-order valence-electron chi connectivity index (χ2n) is 4.83. The summed E-state index contributed by atoms with van der Waals surface area (Å²) in [5.41, 5.74) is 6.72. The van der Waals surface area contributed by atoms with Crippen molar-refractivity contribution >= 4 is 17.4 Å². The van der Waals surface area contributed by atoms with Crippen molar-refractivity contribution < 1.29 is 9.53 Å². The number of carbonyl (C=O) groups excluding carboxylic acids is 1. The zero-order valence-electron chi connectivity index (χ0n) is 9.93. The van der Waals surface area contributed by atoms with Gasteiger partial charge >= 0.3 is 6.03 Å². The van der Waals surface area contributed by atoms with Crippen molar-refractivity contribution in [2.75, 3.05) is 11.1 Å². The lowest BCUT2D eigenvalue weighted by molar-refractivity contribution is 0.245. The van der Waals surface area contributed by atoms with E-state index in [-0.39, 0.29) is 12.1 Å². The molecule has 0 radical (unpaired) electrons. The molecular weight excluding hydrogens is 232 g/mol. The first kappa shape index (κ1) is 11.3. The third kappa shape index (κ3) is 2.53. The van der Waals surface area contributed by atoms with E-state index in [1.807, 2.05) is 0 Å². The van der Waals surface area contributed by atoms with E-state index in [9.17, 15) is 4.79 Å². The van der Waals surface area contributed by atoms with E-state index in [4.69, 9.17) is 10.5 Å². The minimum absolute atomic E-state index is 0.197. The summed E-state index contributed by atoms with van der Waals surface area (Å²) in [5, 5.41) is 5.67. The smallest absolute Gasteiger partial charge is 0.319 e. The van der Waals surface area contributed by atoms with E-state index in [0.29, 0.717) is 23.6 Å². The molecule has 0 bridgehead atoms. The maximum atomic E-state index is 11.8. The Morgan fingerprint density at radius 3 is 3.06 bits per heavy atom. The number of fused-ring (bicyclic) bond motifs is 1. The van der Waals surface area contributed by atoms with Gasteiger partial charge in [-0.2, -0.15) is 0 Å². The van der Waals surface area contributed by atoms with Gasteiger partial charge in [-0.25, -0.2) is 4.79 Å². The molecule has 1 aromatic rings. The van der Waals surface area contributed by atoms with Gasteiger partial charge in [0.05, 0.1) is 29.8 Å². The lowest BCUT2D eigenvalue weighted by atomic mass is 9.96. The summed E-state index contributed by atoms with van der Waals surface area (Å²) in [5.74, 6) is 0. The maximum Gasteiger partial charge on any atom is 0.319 e. The second-order valence-corrected chi connectivity index (χ2v) is 4.83. The first-order chi connectivity index (χ1) is 8.70. The van der Waals surface area contributed by atoms with Crippen molar-refractivity contribution in [2.45, 2.75) is 37.5 Å². The molecule has 4 N–H and O–H groups in total. The van der Waals surface area contributed by atoms with E-state index in [1.54, 1.807) is 12.3 Å². The first-order valence-corrected chi connectivity index (χ1v) is 6.14. The maximum absolute atomic E-state index is 11.8. The topological polar surface area (TPSA) is 92.6 Å². The number of epoxide rings is 1. The standard InChI is InChI=1S/C12H16N4O2/c13-7-3-9(6-14-5-7)16-12(17)15-8-1-2-10-11(4-8)18-10/h3,5-6,8,10-11H,1-2,4,13H2,(H2,15,16,17)/t8-,10-,11-/m1/s1. The zero-order valence-corrected chi connectivity index (χ0v) is 9.93. The summed E-state index contributed by atoms with van der Waals surface area (Å²) in [6.07, 6.45) is 6.83. The van der Waals surface area contributed by atoms with E-state index >= 15 is 0 Å². The number of anilines is 2. The fourth-order valence-corrected chi connectivity index (χ4v) is 2.41. The number of nitrogen functional groups attached to an aromatic ring is 1.